The molecule has 0 saturated heterocycles. The predicted octanol–water partition coefficient (Wildman–Crippen LogP) is 1.93. The van der Waals surface area contributed by atoms with Crippen molar-refractivity contribution in [1.29, 1.82) is 0 Å². The molecule has 0 radical (unpaired) electrons. The first-order chi connectivity index (χ1) is 10.3. The number of aliphatic hydroxyl groups is 1. The predicted molar refractivity (Wildman–Crippen MR) is 78.8 cm³/mol. The lowest BCUT2D eigenvalue weighted by molar-refractivity contribution is 0.171. The summed E-state index contributed by atoms with van der Waals surface area (Å²) in [5.41, 5.74) is 2.44. The zero-order chi connectivity index (χ0) is 14.7. The second kappa shape index (κ2) is 6.37. The van der Waals surface area contributed by atoms with Gasteiger partial charge in [0, 0.05) is 12.6 Å². The van der Waals surface area contributed by atoms with E-state index in [0.717, 1.165) is 0 Å². The highest BCUT2D eigenvalue weighted by Gasteiger charge is 2.29. The number of aliphatic hydroxyl groups excluding tert-OH is 1. The molecule has 1 aromatic heterocycles. The average Bonchev–Trinajstić information content (AvgIpc) is 3.23. The number of rotatable bonds is 7. The van der Waals surface area contributed by atoms with Crippen molar-refractivity contribution in [2.24, 2.45) is 0 Å². The summed E-state index contributed by atoms with van der Waals surface area (Å²) in [5.74, 6) is 1.29. The Morgan fingerprint density at radius 3 is 2.71 bits per heavy atom. The van der Waals surface area contributed by atoms with Crippen molar-refractivity contribution in [2.45, 2.75) is 38.8 Å². The van der Waals surface area contributed by atoms with Crippen LogP contribution in [-0.4, -0.2) is 39.4 Å². The molecule has 5 heteroatoms. The topological polar surface area (TPSA) is 62.4 Å². The third kappa shape index (κ3) is 3.68. The molecule has 0 spiro atoms. The summed E-state index contributed by atoms with van der Waals surface area (Å²) < 4.78 is 5.75. The van der Waals surface area contributed by atoms with Gasteiger partial charge in [-0.2, -0.15) is 0 Å². The first-order valence-electron chi connectivity index (χ1n) is 7.47. The van der Waals surface area contributed by atoms with Crippen molar-refractivity contribution in [3.63, 3.8) is 0 Å². The van der Waals surface area contributed by atoms with Crippen LogP contribution in [-0.2, 0) is 13.0 Å². The molecular weight excluding hydrogens is 266 g/mol. The van der Waals surface area contributed by atoms with Crippen LogP contribution in [0.25, 0.3) is 0 Å². The molecule has 3 rings (SSSR count). The number of aromatic nitrogens is 2. The minimum absolute atomic E-state index is 0.167. The monoisotopic (exact) mass is 287 g/mol. The minimum Gasteiger partial charge on any atom is -0.424 e. The molecule has 0 amide bonds. The summed E-state index contributed by atoms with van der Waals surface area (Å²) >= 11 is 0. The first kappa shape index (κ1) is 14.2. The Morgan fingerprint density at radius 1 is 1.24 bits per heavy atom. The lowest BCUT2D eigenvalue weighted by atomic mass is 10.1. The molecule has 5 nitrogen and oxygen atoms in total. The van der Waals surface area contributed by atoms with E-state index in [-0.39, 0.29) is 6.61 Å². The Kier molecular flexibility index (Phi) is 4.31. The largest absolute Gasteiger partial charge is 0.424 e. The molecular formula is C16H21N3O2. The van der Waals surface area contributed by atoms with Gasteiger partial charge in [-0.25, -0.2) is 0 Å². The Balaban J connectivity index is 1.64. The second-order valence-corrected chi connectivity index (χ2v) is 5.62. The summed E-state index contributed by atoms with van der Waals surface area (Å²) in [6.07, 6.45) is 3.07. The van der Waals surface area contributed by atoms with E-state index in [9.17, 15) is 0 Å². The van der Waals surface area contributed by atoms with E-state index < -0.39 is 0 Å². The Hall–Kier alpha value is -1.72. The molecule has 1 heterocycles. The van der Waals surface area contributed by atoms with Gasteiger partial charge in [-0.05, 0) is 30.9 Å². The molecule has 0 unspecified atom stereocenters. The molecule has 1 aliphatic carbocycles. The van der Waals surface area contributed by atoms with Gasteiger partial charge in [0.05, 0.1) is 19.6 Å². The van der Waals surface area contributed by atoms with Crippen molar-refractivity contribution in [3.8, 4) is 0 Å². The normalized spacial score (nSPS) is 14.8. The maximum absolute atomic E-state index is 9.11. The van der Waals surface area contributed by atoms with E-state index in [0.29, 0.717) is 37.3 Å². The summed E-state index contributed by atoms with van der Waals surface area (Å²) in [4.78, 5) is 2.21. The van der Waals surface area contributed by atoms with Crippen molar-refractivity contribution in [2.75, 3.05) is 13.2 Å². The van der Waals surface area contributed by atoms with Gasteiger partial charge in [0.2, 0.25) is 11.8 Å². The third-order valence-corrected chi connectivity index (χ3v) is 3.90. The van der Waals surface area contributed by atoms with Crippen LogP contribution in [0.5, 0.6) is 0 Å². The van der Waals surface area contributed by atoms with Crippen molar-refractivity contribution < 1.29 is 9.52 Å². The summed E-state index contributed by atoms with van der Waals surface area (Å²) in [7, 11) is 0. The number of hydrogen-bond acceptors (Lipinski definition) is 5. The van der Waals surface area contributed by atoms with Gasteiger partial charge in [-0.3, -0.25) is 4.90 Å². The highest BCUT2D eigenvalue weighted by atomic mass is 16.4. The fourth-order valence-electron chi connectivity index (χ4n) is 2.53. The van der Waals surface area contributed by atoms with Crippen LogP contribution in [0.3, 0.4) is 0 Å². The molecule has 0 atom stereocenters. The van der Waals surface area contributed by atoms with E-state index in [4.69, 9.17) is 9.52 Å². The Labute approximate surface area is 124 Å². The van der Waals surface area contributed by atoms with Crippen molar-refractivity contribution in [1.82, 2.24) is 15.1 Å². The molecule has 1 aromatic carbocycles. The van der Waals surface area contributed by atoms with Crippen LogP contribution in [0, 0.1) is 6.92 Å². The van der Waals surface area contributed by atoms with Crippen LogP contribution < -0.4 is 0 Å². The number of nitrogens with zero attached hydrogens (tertiary/aromatic N) is 3. The number of aryl methyl sites for hydroxylation is 1. The fraction of sp³-hybridized carbons (Fsp3) is 0.500. The van der Waals surface area contributed by atoms with E-state index in [1.807, 2.05) is 12.1 Å². The molecule has 1 N–H and O–H groups in total. The van der Waals surface area contributed by atoms with Crippen molar-refractivity contribution >= 4 is 0 Å². The molecule has 0 aliphatic heterocycles. The van der Waals surface area contributed by atoms with Crippen molar-refractivity contribution in [3.05, 3.63) is 47.2 Å². The molecule has 2 aromatic rings. The van der Waals surface area contributed by atoms with Crippen LogP contribution in [0.1, 0.15) is 35.7 Å². The molecule has 1 fully saturated rings. The average molecular weight is 287 g/mol. The molecule has 0 bridgehead atoms. The summed E-state index contributed by atoms with van der Waals surface area (Å²) in [6.45, 7) is 3.55. The fourth-order valence-corrected chi connectivity index (χ4v) is 2.53. The van der Waals surface area contributed by atoms with E-state index in [1.54, 1.807) is 0 Å². The molecule has 21 heavy (non-hydrogen) atoms. The zero-order valence-corrected chi connectivity index (χ0v) is 12.3. The SMILES string of the molecule is Cc1ccccc1Cc1nnc(CN(CCO)C2CC2)o1. The summed E-state index contributed by atoms with van der Waals surface area (Å²) in [6, 6.07) is 8.80. The van der Waals surface area contributed by atoms with Gasteiger partial charge in [-0.1, -0.05) is 24.3 Å². The van der Waals surface area contributed by atoms with Crippen LogP contribution in [0.2, 0.25) is 0 Å². The van der Waals surface area contributed by atoms with Gasteiger partial charge >= 0.3 is 0 Å². The van der Waals surface area contributed by atoms with Gasteiger partial charge < -0.3 is 9.52 Å². The lowest BCUT2D eigenvalue weighted by Crippen LogP contribution is -2.28. The summed E-state index contributed by atoms with van der Waals surface area (Å²) in [5, 5.41) is 17.4. The molecule has 112 valence electrons. The second-order valence-electron chi connectivity index (χ2n) is 5.62. The van der Waals surface area contributed by atoms with E-state index >= 15 is 0 Å². The molecule has 1 saturated carbocycles. The third-order valence-electron chi connectivity index (χ3n) is 3.90. The van der Waals surface area contributed by atoms with Crippen LogP contribution >= 0.6 is 0 Å². The highest BCUT2D eigenvalue weighted by molar-refractivity contribution is 5.27. The quantitative estimate of drug-likeness (QED) is 0.843. The minimum atomic E-state index is 0.167. The van der Waals surface area contributed by atoms with Crippen LogP contribution in [0.4, 0.5) is 0 Å². The van der Waals surface area contributed by atoms with Gasteiger partial charge in [-0.15, -0.1) is 10.2 Å². The number of hydrogen-bond donors (Lipinski definition) is 1. The van der Waals surface area contributed by atoms with Gasteiger partial charge in [0.15, 0.2) is 0 Å². The zero-order valence-electron chi connectivity index (χ0n) is 12.3. The van der Waals surface area contributed by atoms with Gasteiger partial charge in [0.1, 0.15) is 0 Å². The molecule has 1 aliphatic rings. The lowest BCUT2D eigenvalue weighted by Gasteiger charge is -2.17. The standard InChI is InChI=1S/C16H21N3O2/c1-12-4-2-3-5-13(12)10-15-17-18-16(21-15)11-19(8-9-20)14-6-7-14/h2-5,14,20H,6-11H2,1H3. The van der Waals surface area contributed by atoms with Gasteiger partial charge in [0.25, 0.3) is 0 Å². The van der Waals surface area contributed by atoms with Crippen LogP contribution in [0.15, 0.2) is 28.7 Å². The maximum atomic E-state index is 9.11. The number of benzene rings is 1. The van der Waals surface area contributed by atoms with E-state index in [1.165, 1.54) is 24.0 Å². The maximum Gasteiger partial charge on any atom is 0.230 e. The first-order valence-corrected chi connectivity index (χ1v) is 7.47. The smallest absolute Gasteiger partial charge is 0.230 e. The van der Waals surface area contributed by atoms with E-state index in [2.05, 4.69) is 34.2 Å². The highest BCUT2D eigenvalue weighted by Crippen LogP contribution is 2.27. The Bertz CT molecular complexity index is 593. The Morgan fingerprint density at radius 2 is 2.00 bits per heavy atom.